The van der Waals surface area contributed by atoms with Crippen LogP contribution in [0.2, 0.25) is 0 Å². The molecule has 3 atom stereocenters. The average molecular weight is 407 g/mol. The number of carbonyl (C=O) groups excluding carboxylic acids is 1. The van der Waals surface area contributed by atoms with Crippen molar-refractivity contribution < 1.29 is 14.3 Å². The highest BCUT2D eigenvalue weighted by molar-refractivity contribution is 5.72. The van der Waals surface area contributed by atoms with Gasteiger partial charge in [0.2, 0.25) is 0 Å². The second-order valence-electron chi connectivity index (χ2n) is 9.05. The molecule has 160 valence electrons. The molecule has 1 aromatic rings. The topological polar surface area (TPSA) is 35.5 Å². The Kier molecular flexibility index (Phi) is 6.29. The fourth-order valence-corrected chi connectivity index (χ4v) is 5.36. The zero-order chi connectivity index (χ0) is 21.1. The van der Waals surface area contributed by atoms with E-state index in [2.05, 4.69) is 55.5 Å². The van der Waals surface area contributed by atoms with Crippen LogP contribution in [-0.4, -0.2) is 24.8 Å². The fourth-order valence-electron chi connectivity index (χ4n) is 5.36. The molecule has 2 fully saturated rings. The first-order valence-electron chi connectivity index (χ1n) is 11.4. The fraction of sp³-hybridized carbons (Fsp3) is 0.519. The molecule has 0 saturated heterocycles. The summed E-state index contributed by atoms with van der Waals surface area (Å²) >= 11 is 0. The van der Waals surface area contributed by atoms with E-state index in [0.29, 0.717) is 18.4 Å². The van der Waals surface area contributed by atoms with Crippen LogP contribution in [0.3, 0.4) is 0 Å². The Hall–Kier alpha value is -2.13. The van der Waals surface area contributed by atoms with Gasteiger partial charge in [-0.2, -0.15) is 0 Å². The van der Waals surface area contributed by atoms with E-state index in [1.54, 1.807) is 0 Å². The van der Waals surface area contributed by atoms with Crippen molar-refractivity contribution in [2.75, 3.05) is 7.11 Å². The third-order valence-electron chi connectivity index (χ3n) is 7.26. The molecule has 0 heterocycles. The van der Waals surface area contributed by atoms with Gasteiger partial charge in [-0.05, 0) is 50.7 Å². The Morgan fingerprint density at radius 3 is 2.60 bits per heavy atom. The van der Waals surface area contributed by atoms with Crippen LogP contribution in [0.25, 0.3) is 0 Å². The van der Waals surface area contributed by atoms with Crippen LogP contribution in [0, 0.1) is 5.92 Å². The first-order chi connectivity index (χ1) is 14.6. The summed E-state index contributed by atoms with van der Waals surface area (Å²) in [4.78, 5) is 11.9. The number of methoxy groups -OCH3 is 1. The van der Waals surface area contributed by atoms with Crippen LogP contribution < -0.4 is 0 Å². The van der Waals surface area contributed by atoms with E-state index in [9.17, 15) is 4.79 Å². The molecular formula is C27H34O3. The van der Waals surface area contributed by atoms with E-state index in [1.807, 2.05) is 6.92 Å². The Morgan fingerprint density at radius 1 is 1.20 bits per heavy atom. The van der Waals surface area contributed by atoms with Crippen molar-refractivity contribution in [3.8, 4) is 0 Å². The highest BCUT2D eigenvalue weighted by Crippen LogP contribution is 2.62. The largest absolute Gasteiger partial charge is 0.469 e. The third-order valence-corrected chi connectivity index (χ3v) is 7.26. The zero-order valence-corrected chi connectivity index (χ0v) is 18.5. The molecular weight excluding hydrogens is 372 g/mol. The van der Waals surface area contributed by atoms with Crippen LogP contribution in [-0.2, 0) is 14.3 Å². The molecule has 0 radical (unpaired) electrons. The average Bonchev–Trinajstić information content (AvgIpc) is 3.29. The number of rotatable bonds is 8. The van der Waals surface area contributed by atoms with E-state index in [1.165, 1.54) is 49.5 Å². The van der Waals surface area contributed by atoms with Crippen LogP contribution in [0.4, 0.5) is 0 Å². The summed E-state index contributed by atoms with van der Waals surface area (Å²) in [5.41, 5.74) is 5.17. The highest BCUT2D eigenvalue weighted by Gasteiger charge is 2.61. The van der Waals surface area contributed by atoms with Gasteiger partial charge in [0.1, 0.15) is 0 Å². The third kappa shape index (κ3) is 4.18. The van der Waals surface area contributed by atoms with E-state index in [-0.39, 0.29) is 17.5 Å². The minimum absolute atomic E-state index is 0.0927. The van der Waals surface area contributed by atoms with Gasteiger partial charge in [-0.25, -0.2) is 0 Å². The summed E-state index contributed by atoms with van der Waals surface area (Å²) in [6.45, 7) is 4.25. The number of hydrogen-bond acceptors (Lipinski definition) is 3. The van der Waals surface area contributed by atoms with Crippen molar-refractivity contribution >= 4 is 5.97 Å². The summed E-state index contributed by atoms with van der Waals surface area (Å²) in [6.07, 6.45) is 14.4. The highest BCUT2D eigenvalue weighted by atomic mass is 16.5. The lowest BCUT2D eigenvalue weighted by molar-refractivity contribution is -0.139. The quantitative estimate of drug-likeness (QED) is 0.377. The smallest absolute Gasteiger partial charge is 0.309 e. The molecule has 0 N–H and O–H groups in total. The molecule has 3 heteroatoms. The minimum atomic E-state index is -0.173. The molecule has 3 nitrogen and oxygen atoms in total. The lowest BCUT2D eigenvalue weighted by Crippen LogP contribution is -2.28. The Balaban J connectivity index is 1.60. The van der Waals surface area contributed by atoms with E-state index >= 15 is 0 Å². The summed E-state index contributed by atoms with van der Waals surface area (Å²) in [6, 6.07) is 10.7. The van der Waals surface area contributed by atoms with Gasteiger partial charge in [-0.1, -0.05) is 72.5 Å². The van der Waals surface area contributed by atoms with Crippen molar-refractivity contribution in [2.24, 2.45) is 5.92 Å². The Bertz CT molecular complexity index is 857. The maximum atomic E-state index is 11.9. The van der Waals surface area contributed by atoms with Crippen molar-refractivity contribution in [1.29, 1.82) is 0 Å². The predicted octanol–water partition coefficient (Wildman–Crippen LogP) is 6.27. The normalized spacial score (nSPS) is 27.2. The molecule has 2 saturated carbocycles. The van der Waals surface area contributed by atoms with Crippen LogP contribution in [0.5, 0.6) is 0 Å². The maximum absolute atomic E-state index is 11.9. The lowest BCUT2D eigenvalue weighted by Gasteiger charge is -2.30. The molecule has 0 amide bonds. The van der Waals surface area contributed by atoms with Gasteiger partial charge in [0.15, 0.2) is 0 Å². The van der Waals surface area contributed by atoms with Crippen molar-refractivity contribution in [2.45, 2.75) is 76.4 Å². The van der Waals surface area contributed by atoms with Crippen molar-refractivity contribution in [1.82, 2.24) is 0 Å². The van der Waals surface area contributed by atoms with Crippen molar-refractivity contribution in [3.63, 3.8) is 0 Å². The molecule has 0 bridgehead atoms. The second-order valence-corrected chi connectivity index (χ2v) is 9.05. The van der Waals surface area contributed by atoms with Gasteiger partial charge >= 0.3 is 5.97 Å². The minimum Gasteiger partial charge on any atom is -0.469 e. The number of esters is 1. The number of ether oxygens (including phenoxy) is 2. The van der Waals surface area contributed by atoms with Crippen LogP contribution >= 0.6 is 0 Å². The second kappa shape index (κ2) is 8.93. The Labute approximate surface area is 180 Å². The standard InChI is InChI=1S/C27H34O3/c1-4-20(17-26(28)29-3)16-24(21-10-6-5-7-11-21)23-15-14-19(2)27(18-25(23)27)30-22-12-8-9-13-22/h4-7,10-11,14-15,22,24-25H,8-9,12-13,16-18H2,1-3H3. The van der Waals surface area contributed by atoms with Gasteiger partial charge in [-0.3, -0.25) is 4.79 Å². The van der Waals surface area contributed by atoms with Gasteiger partial charge in [0.25, 0.3) is 0 Å². The first kappa shape index (κ1) is 21.1. The molecule has 4 rings (SSSR count). The maximum Gasteiger partial charge on any atom is 0.309 e. The van der Waals surface area contributed by atoms with Gasteiger partial charge in [0.05, 0.1) is 25.2 Å². The van der Waals surface area contributed by atoms with Gasteiger partial charge in [0, 0.05) is 11.8 Å². The van der Waals surface area contributed by atoms with E-state index < -0.39 is 0 Å². The molecule has 3 aliphatic carbocycles. The number of benzene rings is 1. The van der Waals surface area contributed by atoms with E-state index in [0.717, 1.165) is 18.4 Å². The monoisotopic (exact) mass is 406 g/mol. The number of allylic oxidation sites excluding steroid dienone is 3. The molecule has 1 aromatic carbocycles. The SMILES string of the molecule is CC=C(CC(=O)OC)CC(C1=CC=C(C)C2(OC3CCCC3)CC12)c1ccccc1. The van der Waals surface area contributed by atoms with Crippen LogP contribution in [0.15, 0.2) is 65.3 Å². The summed E-state index contributed by atoms with van der Waals surface area (Å²) in [7, 11) is 1.46. The molecule has 0 aromatic heterocycles. The van der Waals surface area contributed by atoms with Crippen LogP contribution in [0.1, 0.15) is 70.3 Å². The van der Waals surface area contributed by atoms with E-state index in [4.69, 9.17) is 9.47 Å². The molecule has 3 unspecified atom stereocenters. The lowest BCUT2D eigenvalue weighted by atomic mass is 9.79. The van der Waals surface area contributed by atoms with Gasteiger partial charge in [-0.15, -0.1) is 0 Å². The molecule has 0 spiro atoms. The van der Waals surface area contributed by atoms with Gasteiger partial charge < -0.3 is 9.47 Å². The Morgan fingerprint density at radius 2 is 1.93 bits per heavy atom. The summed E-state index contributed by atoms with van der Waals surface area (Å²) < 4.78 is 11.7. The summed E-state index contributed by atoms with van der Waals surface area (Å²) in [5.74, 6) is 0.531. The number of hydrogen-bond donors (Lipinski definition) is 0. The molecule has 3 aliphatic rings. The molecule has 30 heavy (non-hydrogen) atoms. The number of carbonyl (C=O) groups is 1. The van der Waals surface area contributed by atoms with Crippen molar-refractivity contribution in [3.05, 3.63) is 70.8 Å². The summed E-state index contributed by atoms with van der Waals surface area (Å²) in [5, 5.41) is 0. The predicted molar refractivity (Wildman–Crippen MR) is 120 cm³/mol. The molecule has 0 aliphatic heterocycles. The zero-order valence-electron chi connectivity index (χ0n) is 18.5. The number of fused-ring (bicyclic) bond motifs is 1. The first-order valence-corrected chi connectivity index (χ1v) is 11.4.